The van der Waals surface area contributed by atoms with Crippen molar-refractivity contribution in [3.8, 4) is 5.69 Å². The van der Waals surface area contributed by atoms with Gasteiger partial charge < -0.3 is 0 Å². The molecule has 0 saturated carbocycles. The van der Waals surface area contributed by atoms with Gasteiger partial charge in [-0.3, -0.25) is 0 Å². The first-order valence-electron chi connectivity index (χ1n) is 4.27. The number of aromatic nitrogens is 2. The van der Waals surface area contributed by atoms with Crippen LogP contribution in [0.5, 0.6) is 0 Å². The summed E-state index contributed by atoms with van der Waals surface area (Å²) < 4.78 is 1.68. The van der Waals surface area contributed by atoms with Gasteiger partial charge in [0.15, 0.2) is 0 Å². The molecule has 1 aromatic heterocycles. The predicted octanol–water partition coefficient (Wildman–Crippen LogP) is 3.92. The van der Waals surface area contributed by atoms with Crippen LogP contribution < -0.4 is 0 Å². The van der Waals surface area contributed by atoms with Crippen molar-refractivity contribution in [1.29, 1.82) is 0 Å². The quantitative estimate of drug-likeness (QED) is 0.749. The summed E-state index contributed by atoms with van der Waals surface area (Å²) in [7, 11) is 0. The lowest BCUT2D eigenvalue weighted by atomic mass is 10.3. The molecule has 0 amide bonds. The Bertz CT molecular complexity index is 479. The largest absolute Gasteiger partial charge is 0.235 e. The van der Waals surface area contributed by atoms with E-state index in [1.54, 1.807) is 16.9 Å². The van der Waals surface area contributed by atoms with Crippen molar-refractivity contribution in [1.82, 2.24) is 9.78 Å². The van der Waals surface area contributed by atoms with E-state index in [-0.39, 0.29) is 0 Å². The van der Waals surface area contributed by atoms with Crippen LogP contribution >= 0.6 is 34.8 Å². The Kier molecular flexibility index (Phi) is 3.19. The van der Waals surface area contributed by atoms with Crippen LogP contribution in [0, 0.1) is 0 Å². The third-order valence-electron chi connectivity index (χ3n) is 2.02. The van der Waals surface area contributed by atoms with Crippen LogP contribution in [0.1, 0.15) is 5.69 Å². The van der Waals surface area contributed by atoms with E-state index in [1.165, 1.54) is 0 Å². The summed E-state index contributed by atoms with van der Waals surface area (Å²) in [5.74, 6) is 0.378. The zero-order valence-corrected chi connectivity index (χ0v) is 9.89. The second-order valence-electron chi connectivity index (χ2n) is 2.94. The van der Waals surface area contributed by atoms with Gasteiger partial charge in [0, 0.05) is 6.20 Å². The molecule has 0 aliphatic heterocycles. The highest BCUT2D eigenvalue weighted by Crippen LogP contribution is 2.28. The van der Waals surface area contributed by atoms with E-state index in [0.717, 1.165) is 11.4 Å². The first-order chi connectivity index (χ1) is 7.24. The molecule has 2 nitrogen and oxygen atoms in total. The predicted molar refractivity (Wildman–Crippen MR) is 63.1 cm³/mol. The van der Waals surface area contributed by atoms with Gasteiger partial charge in [0.25, 0.3) is 0 Å². The van der Waals surface area contributed by atoms with Gasteiger partial charge in [-0.1, -0.05) is 29.3 Å². The first kappa shape index (κ1) is 10.8. The van der Waals surface area contributed by atoms with Crippen molar-refractivity contribution in [2.75, 3.05) is 0 Å². The second-order valence-corrected chi connectivity index (χ2v) is 3.99. The number of nitrogens with zero attached hydrogens (tertiary/aromatic N) is 2. The van der Waals surface area contributed by atoms with E-state index in [2.05, 4.69) is 5.10 Å². The standard InChI is InChI=1S/C10H7Cl3N2/c11-6-7-4-5-14-15(7)9-3-1-2-8(12)10(9)13/h1-5H,6H2. The fourth-order valence-corrected chi connectivity index (χ4v) is 1.88. The average Bonchev–Trinajstić information content (AvgIpc) is 2.70. The minimum Gasteiger partial charge on any atom is -0.235 e. The molecule has 0 atom stereocenters. The van der Waals surface area contributed by atoms with Crippen molar-refractivity contribution in [3.63, 3.8) is 0 Å². The fourth-order valence-electron chi connectivity index (χ4n) is 1.30. The lowest BCUT2D eigenvalue weighted by molar-refractivity contribution is 0.840. The zero-order valence-electron chi connectivity index (χ0n) is 7.62. The monoisotopic (exact) mass is 260 g/mol. The van der Waals surface area contributed by atoms with E-state index in [0.29, 0.717) is 15.9 Å². The lowest BCUT2D eigenvalue weighted by Gasteiger charge is -2.08. The molecular weight excluding hydrogens is 254 g/mol. The smallest absolute Gasteiger partial charge is 0.0850 e. The average molecular weight is 262 g/mol. The number of halogens is 3. The Morgan fingerprint density at radius 2 is 2.00 bits per heavy atom. The van der Waals surface area contributed by atoms with Gasteiger partial charge in [-0.05, 0) is 18.2 Å². The SMILES string of the molecule is ClCc1ccnn1-c1cccc(Cl)c1Cl. The van der Waals surface area contributed by atoms with Crippen LogP contribution in [0.15, 0.2) is 30.5 Å². The number of hydrogen-bond donors (Lipinski definition) is 0. The summed E-state index contributed by atoms with van der Waals surface area (Å²) in [4.78, 5) is 0. The van der Waals surface area contributed by atoms with E-state index in [9.17, 15) is 0 Å². The third kappa shape index (κ3) is 1.98. The van der Waals surface area contributed by atoms with E-state index >= 15 is 0 Å². The van der Waals surface area contributed by atoms with E-state index in [1.807, 2.05) is 18.2 Å². The Hall–Kier alpha value is -0.700. The third-order valence-corrected chi connectivity index (χ3v) is 3.10. The van der Waals surface area contributed by atoms with Crippen molar-refractivity contribution in [2.24, 2.45) is 0 Å². The topological polar surface area (TPSA) is 17.8 Å². The summed E-state index contributed by atoms with van der Waals surface area (Å²) >= 11 is 17.8. The Labute approximate surface area is 102 Å². The molecule has 0 radical (unpaired) electrons. The van der Waals surface area contributed by atoms with Crippen molar-refractivity contribution >= 4 is 34.8 Å². The highest BCUT2D eigenvalue weighted by Gasteiger charge is 2.09. The minimum absolute atomic E-state index is 0.378. The first-order valence-corrected chi connectivity index (χ1v) is 5.56. The Morgan fingerprint density at radius 3 is 2.73 bits per heavy atom. The molecule has 0 fully saturated rings. The summed E-state index contributed by atoms with van der Waals surface area (Å²) in [6.07, 6.45) is 1.68. The van der Waals surface area contributed by atoms with Gasteiger partial charge in [0.05, 0.1) is 27.3 Å². The number of rotatable bonds is 2. The molecule has 0 saturated heterocycles. The maximum atomic E-state index is 6.08. The maximum Gasteiger partial charge on any atom is 0.0850 e. The molecule has 1 aromatic carbocycles. The molecule has 0 aliphatic rings. The van der Waals surface area contributed by atoms with Crippen molar-refractivity contribution < 1.29 is 0 Å². The maximum absolute atomic E-state index is 6.08. The molecule has 5 heteroatoms. The van der Waals surface area contributed by atoms with Crippen molar-refractivity contribution in [2.45, 2.75) is 5.88 Å². The molecule has 0 spiro atoms. The summed E-state index contributed by atoms with van der Waals surface area (Å²) in [5, 5.41) is 5.13. The van der Waals surface area contributed by atoms with Crippen LogP contribution in [0.25, 0.3) is 5.69 Å². The summed E-state index contributed by atoms with van der Waals surface area (Å²) in [6.45, 7) is 0. The van der Waals surface area contributed by atoms with E-state index in [4.69, 9.17) is 34.8 Å². The molecular formula is C10H7Cl3N2. The molecule has 0 aliphatic carbocycles. The van der Waals surface area contributed by atoms with Crippen LogP contribution in [0.3, 0.4) is 0 Å². The van der Waals surface area contributed by atoms with Crippen LogP contribution in [-0.4, -0.2) is 9.78 Å². The molecule has 78 valence electrons. The molecule has 0 bridgehead atoms. The van der Waals surface area contributed by atoms with Gasteiger partial charge in [0.1, 0.15) is 0 Å². The number of alkyl halides is 1. The van der Waals surface area contributed by atoms with Gasteiger partial charge >= 0.3 is 0 Å². The summed E-state index contributed by atoms with van der Waals surface area (Å²) in [6, 6.07) is 7.24. The normalized spacial score (nSPS) is 10.6. The van der Waals surface area contributed by atoms with E-state index < -0.39 is 0 Å². The lowest BCUT2D eigenvalue weighted by Crippen LogP contribution is -2.01. The second kappa shape index (κ2) is 4.44. The molecule has 0 N–H and O–H groups in total. The highest BCUT2D eigenvalue weighted by molar-refractivity contribution is 6.43. The number of benzene rings is 1. The Balaban J connectivity index is 2.59. The van der Waals surface area contributed by atoms with Gasteiger partial charge in [-0.25, -0.2) is 4.68 Å². The van der Waals surface area contributed by atoms with Gasteiger partial charge in [0.2, 0.25) is 0 Å². The van der Waals surface area contributed by atoms with Gasteiger partial charge in [-0.15, -0.1) is 11.6 Å². The minimum atomic E-state index is 0.378. The number of hydrogen-bond acceptors (Lipinski definition) is 1. The summed E-state index contributed by atoms with van der Waals surface area (Å²) in [5.41, 5.74) is 1.62. The molecule has 2 aromatic rings. The van der Waals surface area contributed by atoms with Crippen molar-refractivity contribution in [3.05, 3.63) is 46.2 Å². The molecule has 1 heterocycles. The van der Waals surface area contributed by atoms with Crippen LogP contribution in [-0.2, 0) is 5.88 Å². The van der Waals surface area contributed by atoms with Crippen LogP contribution in [0.4, 0.5) is 0 Å². The molecule has 0 unspecified atom stereocenters. The fraction of sp³-hybridized carbons (Fsp3) is 0.100. The highest BCUT2D eigenvalue weighted by atomic mass is 35.5. The van der Waals surface area contributed by atoms with Crippen LogP contribution in [0.2, 0.25) is 10.0 Å². The van der Waals surface area contributed by atoms with Gasteiger partial charge in [-0.2, -0.15) is 5.10 Å². The Morgan fingerprint density at radius 1 is 1.20 bits per heavy atom. The molecule has 15 heavy (non-hydrogen) atoms. The molecule has 2 rings (SSSR count). The zero-order chi connectivity index (χ0) is 10.8.